The molecule has 0 heterocycles. The number of nitrogens with one attached hydrogen (secondary N) is 1. The van der Waals surface area contributed by atoms with Crippen molar-refractivity contribution in [2.45, 2.75) is 13.5 Å². The number of anilines is 1. The number of hydrogen-bond donors (Lipinski definition) is 1. The highest BCUT2D eigenvalue weighted by Crippen LogP contribution is 2.22. The van der Waals surface area contributed by atoms with Crippen LogP contribution in [0.1, 0.15) is 18.1 Å². The average molecular weight is 456 g/mol. The molecule has 0 spiro atoms. The molecule has 0 aliphatic carbocycles. The van der Waals surface area contributed by atoms with E-state index in [1.165, 1.54) is 6.08 Å². The van der Waals surface area contributed by atoms with Crippen LogP contribution in [0.15, 0.2) is 84.4 Å². The molecule has 0 aromatic heterocycles. The van der Waals surface area contributed by atoms with E-state index < -0.39 is 11.9 Å². The van der Waals surface area contributed by atoms with Crippen molar-refractivity contribution in [1.29, 1.82) is 5.26 Å². The van der Waals surface area contributed by atoms with E-state index in [0.29, 0.717) is 29.4 Å². The maximum Gasteiger partial charge on any atom is 0.344 e. The van der Waals surface area contributed by atoms with Gasteiger partial charge in [0.2, 0.25) is 0 Å². The molecule has 172 valence electrons. The van der Waals surface area contributed by atoms with E-state index in [4.69, 9.17) is 14.2 Å². The van der Waals surface area contributed by atoms with E-state index in [9.17, 15) is 14.9 Å². The van der Waals surface area contributed by atoms with Crippen LogP contribution in [0.2, 0.25) is 0 Å². The van der Waals surface area contributed by atoms with Gasteiger partial charge in [-0.25, -0.2) is 4.79 Å². The molecule has 3 rings (SSSR count). The molecule has 0 saturated carbocycles. The van der Waals surface area contributed by atoms with Crippen LogP contribution < -0.4 is 14.8 Å². The number of hydrogen-bond acceptors (Lipinski definition) is 6. The summed E-state index contributed by atoms with van der Waals surface area (Å²) in [5.41, 5.74) is 1.94. The SMILES string of the molecule is CCOC(=O)COc1ccccc1/C=C(\C#N)C(=O)Nc1ccc(OCc2ccccc2)cc1. The molecule has 34 heavy (non-hydrogen) atoms. The fraction of sp³-hybridized carbons (Fsp3) is 0.148. The van der Waals surface area contributed by atoms with Crippen molar-refractivity contribution in [2.75, 3.05) is 18.5 Å². The predicted molar refractivity (Wildman–Crippen MR) is 128 cm³/mol. The molecule has 1 N–H and O–H groups in total. The Morgan fingerprint density at radius 2 is 1.65 bits per heavy atom. The van der Waals surface area contributed by atoms with Crippen molar-refractivity contribution in [1.82, 2.24) is 0 Å². The number of amides is 1. The molecule has 1 amide bonds. The monoisotopic (exact) mass is 456 g/mol. The van der Waals surface area contributed by atoms with Crippen molar-refractivity contribution in [3.63, 3.8) is 0 Å². The van der Waals surface area contributed by atoms with Gasteiger partial charge in [0.15, 0.2) is 6.61 Å². The predicted octanol–water partition coefficient (Wildman–Crippen LogP) is 4.75. The molecular formula is C27H24N2O5. The normalized spacial score (nSPS) is 10.6. The number of ether oxygens (including phenoxy) is 3. The maximum absolute atomic E-state index is 12.7. The minimum absolute atomic E-state index is 0.114. The Bertz CT molecular complexity index is 1180. The summed E-state index contributed by atoms with van der Waals surface area (Å²) in [6.07, 6.45) is 1.41. The lowest BCUT2D eigenvalue weighted by Gasteiger charge is -2.10. The number of carbonyl (C=O) groups excluding carboxylic acids is 2. The first-order chi connectivity index (χ1) is 16.6. The van der Waals surface area contributed by atoms with Crippen molar-refractivity contribution in [3.05, 3.63) is 95.6 Å². The number of nitrogens with zero attached hydrogens (tertiary/aromatic N) is 1. The third-order valence-corrected chi connectivity index (χ3v) is 4.60. The van der Waals surface area contributed by atoms with Gasteiger partial charge >= 0.3 is 5.97 Å². The van der Waals surface area contributed by atoms with Crippen LogP contribution in [0, 0.1) is 11.3 Å². The Morgan fingerprint density at radius 3 is 2.35 bits per heavy atom. The van der Waals surface area contributed by atoms with Gasteiger partial charge in [0.05, 0.1) is 6.61 Å². The van der Waals surface area contributed by atoms with Crippen molar-refractivity contribution in [3.8, 4) is 17.6 Å². The highest BCUT2D eigenvalue weighted by molar-refractivity contribution is 6.09. The Hall–Kier alpha value is -4.57. The zero-order valence-corrected chi connectivity index (χ0v) is 18.7. The van der Waals surface area contributed by atoms with Gasteiger partial charge in [-0.2, -0.15) is 5.26 Å². The van der Waals surface area contributed by atoms with Crippen LogP contribution >= 0.6 is 0 Å². The van der Waals surface area contributed by atoms with E-state index in [1.54, 1.807) is 55.5 Å². The maximum atomic E-state index is 12.7. The third-order valence-electron chi connectivity index (χ3n) is 4.60. The second-order valence-electron chi connectivity index (χ2n) is 7.05. The largest absolute Gasteiger partial charge is 0.489 e. The molecule has 0 radical (unpaired) electrons. The Labute approximate surface area is 198 Å². The van der Waals surface area contributed by atoms with Gasteiger partial charge in [0.25, 0.3) is 5.91 Å². The van der Waals surface area contributed by atoms with Crippen LogP contribution in [0.4, 0.5) is 5.69 Å². The van der Waals surface area contributed by atoms with Crippen molar-refractivity contribution >= 4 is 23.6 Å². The van der Waals surface area contributed by atoms with Gasteiger partial charge in [0, 0.05) is 11.3 Å². The standard InChI is InChI=1S/C27H24N2O5/c1-2-32-26(30)19-34-25-11-7-6-10-21(25)16-22(17-28)27(31)29-23-12-14-24(15-13-23)33-18-20-8-4-3-5-9-20/h3-16H,2,18-19H2,1H3,(H,29,31)/b22-16+. The first-order valence-electron chi connectivity index (χ1n) is 10.7. The van der Waals surface area contributed by atoms with Gasteiger partial charge < -0.3 is 19.5 Å². The molecule has 0 atom stereocenters. The zero-order chi connectivity index (χ0) is 24.2. The minimum Gasteiger partial charge on any atom is -0.489 e. The smallest absolute Gasteiger partial charge is 0.344 e. The van der Waals surface area contributed by atoms with Crippen LogP contribution in [-0.2, 0) is 20.9 Å². The summed E-state index contributed by atoms with van der Waals surface area (Å²) < 4.78 is 16.1. The van der Waals surface area contributed by atoms with E-state index in [2.05, 4.69) is 5.32 Å². The van der Waals surface area contributed by atoms with Crippen LogP contribution in [-0.4, -0.2) is 25.1 Å². The molecule has 7 heteroatoms. The second kappa shape index (κ2) is 12.5. The molecule has 0 aliphatic rings. The number of benzene rings is 3. The molecular weight excluding hydrogens is 432 g/mol. The summed E-state index contributed by atoms with van der Waals surface area (Å²) in [5, 5.41) is 12.2. The van der Waals surface area contributed by atoms with Crippen LogP contribution in [0.25, 0.3) is 6.08 Å². The Kier molecular flexibility index (Phi) is 8.83. The molecule has 3 aromatic rings. The Balaban J connectivity index is 1.63. The highest BCUT2D eigenvalue weighted by atomic mass is 16.6. The van der Waals surface area contributed by atoms with Crippen molar-refractivity contribution in [2.24, 2.45) is 0 Å². The summed E-state index contributed by atoms with van der Waals surface area (Å²) in [5.74, 6) is -0.0574. The third kappa shape index (κ3) is 7.24. The summed E-state index contributed by atoms with van der Waals surface area (Å²) in [7, 11) is 0. The quantitative estimate of drug-likeness (QED) is 0.269. The van der Waals surface area contributed by atoms with Crippen molar-refractivity contribution < 1.29 is 23.8 Å². The minimum atomic E-state index is -0.569. The summed E-state index contributed by atoms with van der Waals surface area (Å²) in [4.78, 5) is 24.2. The highest BCUT2D eigenvalue weighted by Gasteiger charge is 2.12. The number of nitriles is 1. The second-order valence-corrected chi connectivity index (χ2v) is 7.05. The molecule has 0 unspecified atom stereocenters. The topological polar surface area (TPSA) is 97.7 Å². The van der Waals surface area contributed by atoms with Gasteiger partial charge in [-0.1, -0.05) is 48.5 Å². The molecule has 3 aromatic carbocycles. The van der Waals surface area contributed by atoms with Gasteiger partial charge in [-0.05, 0) is 48.9 Å². The number of carbonyl (C=O) groups is 2. The fourth-order valence-corrected chi connectivity index (χ4v) is 2.95. The van der Waals surface area contributed by atoms with E-state index in [-0.39, 0.29) is 18.8 Å². The van der Waals surface area contributed by atoms with Gasteiger partial charge in [0.1, 0.15) is 29.7 Å². The number of rotatable bonds is 10. The lowest BCUT2D eigenvalue weighted by molar-refractivity contribution is -0.145. The van der Waals surface area contributed by atoms with E-state index in [1.807, 2.05) is 36.4 Å². The van der Waals surface area contributed by atoms with Crippen LogP contribution in [0.3, 0.4) is 0 Å². The van der Waals surface area contributed by atoms with E-state index >= 15 is 0 Å². The first-order valence-corrected chi connectivity index (χ1v) is 10.7. The number of esters is 1. The molecule has 7 nitrogen and oxygen atoms in total. The fourth-order valence-electron chi connectivity index (χ4n) is 2.95. The lowest BCUT2D eigenvalue weighted by atomic mass is 10.1. The molecule has 0 aliphatic heterocycles. The van der Waals surface area contributed by atoms with Gasteiger partial charge in [-0.15, -0.1) is 0 Å². The summed E-state index contributed by atoms with van der Waals surface area (Å²) in [6.45, 7) is 2.12. The lowest BCUT2D eigenvalue weighted by Crippen LogP contribution is -2.15. The van der Waals surface area contributed by atoms with E-state index in [0.717, 1.165) is 5.56 Å². The summed E-state index contributed by atoms with van der Waals surface area (Å²) >= 11 is 0. The van der Waals surface area contributed by atoms with Crippen LogP contribution in [0.5, 0.6) is 11.5 Å². The molecule has 0 fully saturated rings. The average Bonchev–Trinajstić information content (AvgIpc) is 2.87. The zero-order valence-electron chi connectivity index (χ0n) is 18.7. The number of para-hydroxylation sites is 1. The summed E-state index contributed by atoms with van der Waals surface area (Å²) in [6, 6.07) is 25.4. The molecule has 0 saturated heterocycles. The van der Waals surface area contributed by atoms with Gasteiger partial charge in [-0.3, -0.25) is 4.79 Å². The Morgan fingerprint density at radius 1 is 0.941 bits per heavy atom. The molecule has 0 bridgehead atoms. The first kappa shape index (κ1) is 24.1.